The van der Waals surface area contributed by atoms with E-state index < -0.39 is 17.1 Å². The van der Waals surface area contributed by atoms with Crippen LogP contribution in [0.1, 0.15) is 66.7 Å². The van der Waals surface area contributed by atoms with Gasteiger partial charge in [0.15, 0.2) is 5.78 Å². The highest BCUT2D eigenvalue weighted by Gasteiger charge is 2.72. The minimum Gasteiger partial charge on any atom is -0.393 e. The van der Waals surface area contributed by atoms with Gasteiger partial charge in [0.25, 0.3) is 0 Å². The Bertz CT molecular complexity index is 798. The second-order valence-electron chi connectivity index (χ2n) is 12.2. The lowest BCUT2D eigenvalue weighted by Gasteiger charge is -2.70. The number of ether oxygens (including phenoxy) is 1. The molecule has 11 unspecified atom stereocenters. The third-order valence-corrected chi connectivity index (χ3v) is 10.7. The van der Waals surface area contributed by atoms with Gasteiger partial charge in [0.1, 0.15) is 0 Å². The molecule has 31 heavy (non-hydrogen) atoms. The number of Topliss-reactive ketones (excluding diaryl/α,β-unsaturated/α-hetero) is 1. The van der Waals surface area contributed by atoms with Crippen molar-refractivity contribution in [3.63, 3.8) is 0 Å². The van der Waals surface area contributed by atoms with Gasteiger partial charge in [0.2, 0.25) is 5.91 Å². The van der Waals surface area contributed by atoms with E-state index in [-0.39, 0.29) is 53.2 Å². The smallest absolute Gasteiger partial charge is 0.223 e. The summed E-state index contributed by atoms with van der Waals surface area (Å²) in [5.74, 6) is 0.915. The lowest BCUT2D eigenvalue weighted by Crippen LogP contribution is -2.75. The van der Waals surface area contributed by atoms with Crippen molar-refractivity contribution in [3.8, 4) is 0 Å². The Hall–Kier alpha value is -0.980. The van der Waals surface area contributed by atoms with Crippen molar-refractivity contribution >= 4 is 11.7 Å². The van der Waals surface area contributed by atoms with Gasteiger partial charge in [0.05, 0.1) is 23.9 Å². The minimum atomic E-state index is -0.512. The van der Waals surface area contributed by atoms with Crippen LogP contribution in [0.3, 0.4) is 0 Å². The first-order valence-corrected chi connectivity index (χ1v) is 12.4. The molecular weight excluding hydrogens is 392 g/mol. The van der Waals surface area contributed by atoms with Crippen LogP contribution in [-0.4, -0.2) is 53.7 Å². The van der Waals surface area contributed by atoms with E-state index in [0.29, 0.717) is 24.5 Å². The molecule has 3 saturated carbocycles. The summed E-state index contributed by atoms with van der Waals surface area (Å²) in [6.07, 6.45) is 3.54. The quantitative estimate of drug-likeness (QED) is 0.592. The molecule has 5 aliphatic rings. The molecule has 6 heteroatoms. The number of nitrogens with one attached hydrogen (secondary N) is 2. The number of likely N-dealkylation sites (N-methyl/N-ethyl adjacent to an activating group) is 1. The Morgan fingerprint density at radius 2 is 1.84 bits per heavy atom. The Labute approximate surface area is 186 Å². The van der Waals surface area contributed by atoms with Gasteiger partial charge in [0, 0.05) is 35.1 Å². The largest absolute Gasteiger partial charge is 0.393 e. The number of ketones is 1. The first kappa shape index (κ1) is 21.8. The summed E-state index contributed by atoms with van der Waals surface area (Å²) in [5, 5.41) is 17.6. The van der Waals surface area contributed by atoms with Gasteiger partial charge < -0.3 is 20.5 Å². The zero-order valence-corrected chi connectivity index (χ0v) is 19.9. The third kappa shape index (κ3) is 2.61. The predicted octanol–water partition coefficient (Wildman–Crippen LogP) is 2.29. The lowest BCUT2D eigenvalue weighted by atomic mass is 9.41. The molecule has 2 aliphatic heterocycles. The highest BCUT2D eigenvalue weighted by atomic mass is 16.5. The van der Waals surface area contributed by atoms with Crippen LogP contribution in [0.5, 0.6) is 0 Å². The van der Waals surface area contributed by atoms with Crippen LogP contribution in [0.25, 0.3) is 0 Å². The van der Waals surface area contributed by atoms with Crippen molar-refractivity contribution in [2.75, 3.05) is 7.05 Å². The van der Waals surface area contributed by atoms with Gasteiger partial charge in [-0.2, -0.15) is 0 Å². The molecular formula is C25H40N2O4. The van der Waals surface area contributed by atoms with Crippen LogP contribution in [0.4, 0.5) is 0 Å². The van der Waals surface area contributed by atoms with Gasteiger partial charge in [-0.1, -0.05) is 27.7 Å². The van der Waals surface area contributed by atoms with Crippen molar-refractivity contribution < 1.29 is 19.4 Å². The Morgan fingerprint density at radius 3 is 2.52 bits per heavy atom. The maximum absolute atomic E-state index is 13.4. The van der Waals surface area contributed by atoms with Crippen LogP contribution < -0.4 is 10.6 Å². The van der Waals surface area contributed by atoms with Gasteiger partial charge >= 0.3 is 0 Å². The monoisotopic (exact) mass is 432 g/mol. The van der Waals surface area contributed by atoms with Crippen LogP contribution in [0.15, 0.2) is 0 Å². The predicted molar refractivity (Wildman–Crippen MR) is 117 cm³/mol. The van der Waals surface area contributed by atoms with E-state index in [4.69, 9.17) is 4.74 Å². The summed E-state index contributed by atoms with van der Waals surface area (Å²) >= 11 is 0. The van der Waals surface area contributed by atoms with Crippen LogP contribution in [0.2, 0.25) is 0 Å². The highest BCUT2D eigenvalue weighted by Crippen LogP contribution is 2.68. The van der Waals surface area contributed by atoms with Crippen molar-refractivity contribution in [2.24, 2.45) is 40.4 Å². The number of hydrogen-bond acceptors (Lipinski definition) is 5. The number of hydrogen-bond donors (Lipinski definition) is 3. The maximum Gasteiger partial charge on any atom is 0.223 e. The molecule has 0 aromatic carbocycles. The SMILES string of the molecule is CNC1CC23OC4C(CC2(C)C(C)CCC3C(C)(C)C1=O)C(O)CC1C(=O)NC(C)C14. The maximum atomic E-state index is 13.4. The highest BCUT2D eigenvalue weighted by molar-refractivity contribution is 5.91. The number of amides is 1. The molecule has 0 aromatic rings. The molecule has 3 N–H and O–H groups in total. The van der Waals surface area contributed by atoms with Crippen LogP contribution in [0, 0.1) is 40.4 Å². The fraction of sp³-hybridized carbons (Fsp3) is 0.920. The lowest BCUT2D eigenvalue weighted by molar-refractivity contribution is -0.325. The molecule has 2 saturated heterocycles. The van der Waals surface area contributed by atoms with Crippen LogP contribution >= 0.6 is 0 Å². The summed E-state index contributed by atoms with van der Waals surface area (Å²) in [6, 6.07) is -0.173. The fourth-order valence-corrected chi connectivity index (χ4v) is 8.81. The normalized spacial score (nSPS) is 55.5. The Balaban J connectivity index is 1.64. The number of rotatable bonds is 1. The number of aliphatic hydroxyl groups is 1. The zero-order chi connectivity index (χ0) is 22.5. The van der Waals surface area contributed by atoms with E-state index in [9.17, 15) is 14.7 Å². The number of carbonyl (C=O) groups excluding carboxylic acids is 2. The van der Waals surface area contributed by atoms with Crippen molar-refractivity contribution in [2.45, 2.75) is 96.6 Å². The summed E-state index contributed by atoms with van der Waals surface area (Å²) in [7, 11) is 1.88. The molecule has 11 atom stereocenters. The summed E-state index contributed by atoms with van der Waals surface area (Å²) in [5.41, 5.74) is -1.01. The van der Waals surface area contributed by atoms with E-state index in [1.807, 2.05) is 7.05 Å². The van der Waals surface area contributed by atoms with E-state index in [0.717, 1.165) is 19.3 Å². The van der Waals surface area contributed by atoms with E-state index >= 15 is 0 Å². The Morgan fingerprint density at radius 1 is 1.13 bits per heavy atom. The average Bonchev–Trinajstić information content (AvgIpc) is 2.98. The number of aliphatic hydroxyl groups excluding tert-OH is 1. The molecule has 0 aromatic heterocycles. The fourth-order valence-electron chi connectivity index (χ4n) is 8.81. The molecule has 6 nitrogen and oxygen atoms in total. The van der Waals surface area contributed by atoms with E-state index in [1.54, 1.807) is 0 Å². The van der Waals surface area contributed by atoms with Crippen molar-refractivity contribution in [3.05, 3.63) is 0 Å². The second kappa shape index (κ2) is 6.77. The van der Waals surface area contributed by atoms with Crippen LogP contribution in [-0.2, 0) is 14.3 Å². The molecule has 174 valence electrons. The molecule has 1 amide bonds. The van der Waals surface area contributed by atoms with Gasteiger partial charge in [-0.3, -0.25) is 9.59 Å². The standard InChI is InChI=1S/C25H40N2O4/c1-12-7-8-18-23(3,4)21(29)16(26-6)11-25(18)24(12,5)10-15-17(28)9-14-19(20(15)31-25)13(2)27-22(14)30/h12-20,26,28H,7-11H2,1-6H3,(H,27,30). The summed E-state index contributed by atoms with van der Waals surface area (Å²) < 4.78 is 7.33. The van der Waals surface area contributed by atoms with E-state index in [1.165, 1.54) is 0 Å². The number of fused-ring (bicyclic) bond motifs is 3. The summed E-state index contributed by atoms with van der Waals surface area (Å²) in [4.78, 5) is 26.0. The van der Waals surface area contributed by atoms with E-state index in [2.05, 4.69) is 45.3 Å². The van der Waals surface area contributed by atoms with Crippen molar-refractivity contribution in [1.82, 2.24) is 10.6 Å². The third-order valence-electron chi connectivity index (χ3n) is 10.7. The second-order valence-corrected chi connectivity index (χ2v) is 12.2. The topological polar surface area (TPSA) is 87.7 Å². The molecule has 3 aliphatic carbocycles. The van der Waals surface area contributed by atoms with Gasteiger partial charge in [-0.05, 0) is 57.4 Å². The molecule has 5 rings (SSSR count). The zero-order valence-electron chi connectivity index (χ0n) is 19.9. The van der Waals surface area contributed by atoms with Gasteiger partial charge in [-0.15, -0.1) is 0 Å². The minimum absolute atomic E-state index is 0.0435. The molecule has 2 heterocycles. The number of carbonyl (C=O) groups is 2. The first-order chi connectivity index (χ1) is 14.5. The first-order valence-electron chi connectivity index (χ1n) is 12.4. The van der Waals surface area contributed by atoms with Crippen molar-refractivity contribution in [1.29, 1.82) is 0 Å². The molecule has 0 bridgehead atoms. The average molecular weight is 433 g/mol. The summed E-state index contributed by atoms with van der Waals surface area (Å²) in [6.45, 7) is 11.0. The Kier molecular flexibility index (Phi) is 4.77. The molecule has 0 radical (unpaired) electrons. The molecule has 1 spiro atoms. The molecule has 5 fully saturated rings. The van der Waals surface area contributed by atoms with Gasteiger partial charge in [-0.25, -0.2) is 0 Å².